The third-order valence-corrected chi connectivity index (χ3v) is 3.62. The van der Waals surface area contributed by atoms with E-state index in [0.29, 0.717) is 13.0 Å². The molecule has 0 saturated heterocycles. The zero-order valence-corrected chi connectivity index (χ0v) is 13.8. The van der Waals surface area contributed by atoms with Crippen molar-refractivity contribution in [1.29, 1.82) is 0 Å². The molecule has 0 aliphatic carbocycles. The first-order valence-electron chi connectivity index (χ1n) is 8.26. The lowest BCUT2D eigenvalue weighted by Crippen LogP contribution is -2.07. The van der Waals surface area contributed by atoms with E-state index in [1.54, 1.807) is 6.20 Å². The number of aliphatic hydroxyl groups is 1. The number of aliphatic hydroxyl groups excluding tert-OH is 1. The van der Waals surface area contributed by atoms with Gasteiger partial charge in [-0.2, -0.15) is 0 Å². The maximum atomic E-state index is 9.92. The molecule has 0 spiro atoms. The lowest BCUT2D eigenvalue weighted by Gasteiger charge is -2.07. The fraction of sp³-hybridized carbons (Fsp3) is 0.421. The minimum absolute atomic E-state index is 0.456. The summed E-state index contributed by atoms with van der Waals surface area (Å²) in [5.41, 5.74) is 2.32. The highest BCUT2D eigenvalue weighted by atomic mass is 16.5. The van der Waals surface area contributed by atoms with Crippen molar-refractivity contribution in [2.24, 2.45) is 0 Å². The number of imidazole rings is 1. The predicted molar refractivity (Wildman–Crippen MR) is 93.2 cm³/mol. The van der Waals surface area contributed by atoms with Crippen molar-refractivity contribution >= 4 is 6.08 Å². The fourth-order valence-corrected chi connectivity index (χ4v) is 2.20. The van der Waals surface area contributed by atoms with Gasteiger partial charge in [0.15, 0.2) is 0 Å². The van der Waals surface area contributed by atoms with Crippen molar-refractivity contribution in [3.63, 3.8) is 0 Å². The van der Waals surface area contributed by atoms with Crippen LogP contribution in [0, 0.1) is 0 Å². The topological polar surface area (TPSA) is 47.3 Å². The van der Waals surface area contributed by atoms with E-state index in [4.69, 9.17) is 4.74 Å². The Labute approximate surface area is 138 Å². The Morgan fingerprint density at radius 3 is 2.78 bits per heavy atom. The van der Waals surface area contributed by atoms with E-state index in [0.717, 1.165) is 31.6 Å². The maximum absolute atomic E-state index is 9.92. The van der Waals surface area contributed by atoms with Gasteiger partial charge in [-0.1, -0.05) is 49.8 Å². The van der Waals surface area contributed by atoms with E-state index < -0.39 is 6.10 Å². The normalized spacial score (nSPS) is 12.8. The van der Waals surface area contributed by atoms with E-state index in [2.05, 4.69) is 36.2 Å². The van der Waals surface area contributed by atoms with Crippen LogP contribution in [0.25, 0.3) is 6.08 Å². The average Bonchev–Trinajstić information content (AvgIpc) is 3.07. The van der Waals surface area contributed by atoms with E-state index in [9.17, 15) is 5.11 Å². The Balaban J connectivity index is 1.73. The first-order valence-corrected chi connectivity index (χ1v) is 8.26. The number of benzene rings is 1. The molecule has 0 amide bonds. The highest BCUT2D eigenvalue weighted by Gasteiger charge is 1.99. The van der Waals surface area contributed by atoms with Crippen LogP contribution in [-0.2, 0) is 11.3 Å². The molecule has 0 aliphatic rings. The van der Waals surface area contributed by atoms with Crippen LogP contribution >= 0.6 is 0 Å². The van der Waals surface area contributed by atoms with Gasteiger partial charge in [-0.05, 0) is 17.5 Å². The molecule has 0 saturated carbocycles. The third kappa shape index (κ3) is 6.80. The Morgan fingerprint density at radius 2 is 2.09 bits per heavy atom. The summed E-state index contributed by atoms with van der Waals surface area (Å²) in [5, 5.41) is 9.92. The number of ether oxygens (including phenoxy) is 1. The van der Waals surface area contributed by atoms with Crippen LogP contribution in [0.4, 0.5) is 0 Å². The van der Waals surface area contributed by atoms with Crippen LogP contribution in [-0.4, -0.2) is 34.0 Å². The van der Waals surface area contributed by atoms with Gasteiger partial charge in [0.1, 0.15) is 0 Å². The van der Waals surface area contributed by atoms with Gasteiger partial charge in [0.2, 0.25) is 0 Å². The standard InChI is InChI=1S/C19H26N2O2/c1-2-3-13-23-14-10-19(22)9-8-17-4-6-18(7-5-17)15-21-12-11-20-16-21/h4-9,11-12,16,19,22H,2-3,10,13-15H2,1H3. The number of aromatic nitrogens is 2. The van der Waals surface area contributed by atoms with Gasteiger partial charge < -0.3 is 14.4 Å². The van der Waals surface area contributed by atoms with Crippen LogP contribution in [0.15, 0.2) is 49.1 Å². The van der Waals surface area contributed by atoms with Gasteiger partial charge in [0.05, 0.1) is 12.4 Å². The predicted octanol–water partition coefficient (Wildman–Crippen LogP) is 3.51. The summed E-state index contributed by atoms with van der Waals surface area (Å²) in [6.07, 6.45) is 11.7. The first kappa shape index (κ1) is 17.4. The summed E-state index contributed by atoms with van der Waals surface area (Å²) < 4.78 is 7.50. The summed E-state index contributed by atoms with van der Waals surface area (Å²) in [4.78, 5) is 4.04. The maximum Gasteiger partial charge on any atom is 0.0949 e. The van der Waals surface area contributed by atoms with Crippen molar-refractivity contribution in [2.45, 2.75) is 38.8 Å². The Hall–Kier alpha value is -1.91. The van der Waals surface area contributed by atoms with Crippen molar-refractivity contribution < 1.29 is 9.84 Å². The summed E-state index contributed by atoms with van der Waals surface area (Å²) in [6.45, 7) is 4.35. The lowest BCUT2D eigenvalue weighted by atomic mass is 10.1. The summed E-state index contributed by atoms with van der Waals surface area (Å²) >= 11 is 0. The van der Waals surface area contributed by atoms with E-state index in [-0.39, 0.29) is 0 Å². The second kappa shape index (κ2) is 9.98. The van der Waals surface area contributed by atoms with Crippen LogP contribution in [0.2, 0.25) is 0 Å². The minimum Gasteiger partial charge on any atom is -0.389 e. The molecule has 23 heavy (non-hydrogen) atoms. The SMILES string of the molecule is CCCCOCCC(O)C=Cc1ccc(Cn2ccnc2)cc1. The number of hydrogen-bond donors (Lipinski definition) is 1. The Morgan fingerprint density at radius 1 is 1.26 bits per heavy atom. The van der Waals surface area contributed by atoms with Crippen LogP contribution in [0.1, 0.15) is 37.3 Å². The molecule has 1 N–H and O–H groups in total. The van der Waals surface area contributed by atoms with Crippen molar-refractivity contribution in [2.75, 3.05) is 13.2 Å². The van der Waals surface area contributed by atoms with Crippen molar-refractivity contribution in [1.82, 2.24) is 9.55 Å². The second-order valence-corrected chi connectivity index (χ2v) is 5.66. The molecule has 1 atom stereocenters. The molecule has 0 fully saturated rings. The van der Waals surface area contributed by atoms with E-state index >= 15 is 0 Å². The highest BCUT2D eigenvalue weighted by Crippen LogP contribution is 2.09. The molecule has 1 unspecified atom stereocenters. The molecule has 1 aromatic carbocycles. The van der Waals surface area contributed by atoms with Gasteiger partial charge in [0, 0.05) is 38.6 Å². The number of unbranched alkanes of at least 4 members (excludes halogenated alkanes) is 1. The van der Waals surface area contributed by atoms with Gasteiger partial charge >= 0.3 is 0 Å². The Bertz CT molecular complexity index is 562. The van der Waals surface area contributed by atoms with Gasteiger partial charge in [-0.15, -0.1) is 0 Å². The average molecular weight is 314 g/mol. The third-order valence-electron chi connectivity index (χ3n) is 3.62. The molecule has 0 bridgehead atoms. The summed E-state index contributed by atoms with van der Waals surface area (Å²) in [6, 6.07) is 8.32. The van der Waals surface area contributed by atoms with Crippen LogP contribution in [0.5, 0.6) is 0 Å². The molecule has 4 nitrogen and oxygen atoms in total. The van der Waals surface area contributed by atoms with Crippen molar-refractivity contribution in [3.05, 3.63) is 60.2 Å². The molecular weight excluding hydrogens is 288 g/mol. The monoisotopic (exact) mass is 314 g/mol. The fourth-order valence-electron chi connectivity index (χ4n) is 2.20. The molecule has 1 aromatic heterocycles. The molecule has 124 valence electrons. The zero-order valence-electron chi connectivity index (χ0n) is 13.8. The molecule has 4 heteroatoms. The quantitative estimate of drug-likeness (QED) is 0.683. The van der Waals surface area contributed by atoms with Gasteiger partial charge in [0.25, 0.3) is 0 Å². The van der Waals surface area contributed by atoms with Gasteiger partial charge in [-0.25, -0.2) is 4.98 Å². The zero-order chi connectivity index (χ0) is 16.3. The Kier molecular flexibility index (Phi) is 7.57. The van der Waals surface area contributed by atoms with Gasteiger partial charge in [-0.3, -0.25) is 0 Å². The molecule has 0 aliphatic heterocycles. The van der Waals surface area contributed by atoms with Crippen molar-refractivity contribution in [3.8, 4) is 0 Å². The summed E-state index contributed by atoms with van der Waals surface area (Å²) in [7, 11) is 0. The van der Waals surface area contributed by atoms with Crippen LogP contribution < -0.4 is 0 Å². The smallest absolute Gasteiger partial charge is 0.0949 e. The number of hydrogen-bond acceptors (Lipinski definition) is 3. The molecule has 1 heterocycles. The van der Waals surface area contributed by atoms with E-state index in [1.807, 2.05) is 29.2 Å². The lowest BCUT2D eigenvalue weighted by molar-refractivity contribution is 0.0969. The molecule has 0 radical (unpaired) electrons. The number of nitrogens with zero attached hydrogens (tertiary/aromatic N) is 2. The molecule has 2 aromatic rings. The van der Waals surface area contributed by atoms with E-state index in [1.165, 1.54) is 5.56 Å². The summed E-state index contributed by atoms with van der Waals surface area (Å²) in [5.74, 6) is 0. The van der Waals surface area contributed by atoms with Crippen LogP contribution in [0.3, 0.4) is 0 Å². The molecular formula is C19H26N2O2. The first-order chi connectivity index (χ1) is 11.3. The second-order valence-electron chi connectivity index (χ2n) is 5.66. The number of rotatable bonds is 10. The molecule has 2 rings (SSSR count). The largest absolute Gasteiger partial charge is 0.389 e. The highest BCUT2D eigenvalue weighted by molar-refractivity contribution is 5.50. The minimum atomic E-state index is -0.456.